The lowest BCUT2D eigenvalue weighted by atomic mass is 9.54. The maximum absolute atomic E-state index is 13.3. The van der Waals surface area contributed by atoms with Gasteiger partial charge >= 0.3 is 0 Å². The van der Waals surface area contributed by atoms with Gasteiger partial charge < -0.3 is 15.4 Å². The Hall–Kier alpha value is -2.31. The van der Waals surface area contributed by atoms with E-state index in [4.69, 9.17) is 4.74 Å². The zero-order chi connectivity index (χ0) is 23.0. The second kappa shape index (κ2) is 8.91. The van der Waals surface area contributed by atoms with E-state index in [0.717, 1.165) is 11.8 Å². The highest BCUT2D eigenvalue weighted by Crippen LogP contribution is 2.53. The van der Waals surface area contributed by atoms with Gasteiger partial charge in [-0.15, -0.1) is 0 Å². The normalized spacial score (nSPS) is 29.0. The van der Waals surface area contributed by atoms with Crippen LogP contribution in [0.15, 0.2) is 12.3 Å². The Kier molecular flexibility index (Phi) is 6.37. The van der Waals surface area contributed by atoms with Gasteiger partial charge in [0.05, 0.1) is 18.3 Å². The molecule has 4 fully saturated rings. The maximum atomic E-state index is 13.3. The number of nitrogens with one attached hydrogen (secondary N) is 2. The summed E-state index contributed by atoms with van der Waals surface area (Å²) in [5.41, 5.74) is -0.0722. The second-order valence-corrected chi connectivity index (χ2v) is 11.2. The van der Waals surface area contributed by atoms with Crippen LogP contribution in [0.1, 0.15) is 77.1 Å². The van der Waals surface area contributed by atoms with Gasteiger partial charge in [-0.25, -0.2) is 4.68 Å². The fourth-order valence-electron chi connectivity index (χ4n) is 6.14. The number of rotatable bonds is 8. The molecule has 1 heterocycles. The van der Waals surface area contributed by atoms with Crippen LogP contribution in [0.5, 0.6) is 5.88 Å². The van der Waals surface area contributed by atoms with Crippen molar-refractivity contribution in [1.82, 2.24) is 20.4 Å². The summed E-state index contributed by atoms with van der Waals surface area (Å²) >= 11 is 0. The maximum Gasteiger partial charge on any atom is 0.258 e. The van der Waals surface area contributed by atoms with E-state index in [1.165, 1.54) is 39.0 Å². The highest BCUT2D eigenvalue weighted by atomic mass is 16.5. The van der Waals surface area contributed by atoms with Crippen molar-refractivity contribution >= 4 is 18.0 Å². The van der Waals surface area contributed by atoms with Crippen LogP contribution in [0.25, 0.3) is 6.20 Å². The summed E-state index contributed by atoms with van der Waals surface area (Å²) in [6.07, 6.45) is 11.6. The molecule has 0 aromatic carbocycles. The Labute approximate surface area is 191 Å². The molecule has 0 atom stereocenters. The second-order valence-electron chi connectivity index (χ2n) is 11.2. The number of hydrogen-bond donors (Lipinski definition) is 2. The Morgan fingerprint density at radius 1 is 1.19 bits per heavy atom. The predicted molar refractivity (Wildman–Crippen MR) is 124 cm³/mol. The zero-order valence-electron chi connectivity index (χ0n) is 20.1. The Morgan fingerprint density at radius 2 is 1.81 bits per heavy atom. The molecule has 176 valence electrons. The average molecular weight is 443 g/mol. The number of amides is 2. The molecule has 1 aromatic heterocycles. The first-order valence-electron chi connectivity index (χ1n) is 12.1. The molecule has 32 heavy (non-hydrogen) atoms. The molecule has 0 radical (unpaired) electrons. The summed E-state index contributed by atoms with van der Waals surface area (Å²) in [5.74, 6) is 3.54. The number of hydrogen-bond acceptors (Lipinski definition) is 4. The van der Waals surface area contributed by atoms with Crippen molar-refractivity contribution in [3.05, 3.63) is 17.8 Å². The third-order valence-electron chi connectivity index (χ3n) is 7.20. The van der Waals surface area contributed by atoms with E-state index in [0.29, 0.717) is 35.8 Å². The molecule has 0 aliphatic heterocycles. The number of carbonyl (C=O) groups excluding carboxylic acids is 2. The summed E-state index contributed by atoms with van der Waals surface area (Å²) in [7, 11) is 0. The van der Waals surface area contributed by atoms with Gasteiger partial charge in [0.2, 0.25) is 11.8 Å². The van der Waals surface area contributed by atoms with Gasteiger partial charge in [-0.2, -0.15) is 5.10 Å². The standard InChI is InChI=1S/C25H38N4O3/c1-15(2)14-32-24-21(13-26-29(24)7-6-25(4,5)28-16(3)30)23(31)27-22-19-9-17-8-18(11-19)12-20(22)10-17/h6-7,13,15,17-20,22H,8-12,14H2,1-5H3,(H,27,31)(H,28,30). The van der Waals surface area contributed by atoms with Gasteiger partial charge in [0.15, 0.2) is 0 Å². The van der Waals surface area contributed by atoms with Crippen molar-refractivity contribution in [3.8, 4) is 5.88 Å². The zero-order valence-corrected chi connectivity index (χ0v) is 20.1. The van der Waals surface area contributed by atoms with Gasteiger partial charge in [-0.1, -0.05) is 13.8 Å². The van der Waals surface area contributed by atoms with E-state index < -0.39 is 5.54 Å². The SMILES string of the molecule is CC(=O)NC(C)(C)C=Cn1ncc(C(=O)NC2C3CC4CC(C3)CC2C4)c1OCC(C)C. The molecule has 0 unspecified atom stereocenters. The van der Waals surface area contributed by atoms with Crippen LogP contribution in [0.3, 0.4) is 0 Å². The fourth-order valence-corrected chi connectivity index (χ4v) is 6.14. The van der Waals surface area contributed by atoms with Crippen LogP contribution in [0.2, 0.25) is 0 Å². The first kappa shape index (κ1) is 22.9. The minimum absolute atomic E-state index is 0.0954. The van der Waals surface area contributed by atoms with Gasteiger partial charge in [-0.3, -0.25) is 9.59 Å². The van der Waals surface area contributed by atoms with E-state index >= 15 is 0 Å². The Bertz CT molecular complexity index is 858. The van der Waals surface area contributed by atoms with Crippen LogP contribution >= 0.6 is 0 Å². The van der Waals surface area contributed by atoms with E-state index in [1.54, 1.807) is 17.1 Å². The highest BCUT2D eigenvalue weighted by Gasteiger charge is 2.48. The molecule has 7 nitrogen and oxygen atoms in total. The van der Waals surface area contributed by atoms with Crippen molar-refractivity contribution in [2.24, 2.45) is 29.6 Å². The summed E-state index contributed by atoms with van der Waals surface area (Å²) in [4.78, 5) is 24.8. The lowest BCUT2D eigenvalue weighted by molar-refractivity contribution is -0.120. The minimum atomic E-state index is -0.546. The summed E-state index contributed by atoms with van der Waals surface area (Å²) < 4.78 is 7.64. The number of aromatic nitrogens is 2. The molecule has 4 saturated carbocycles. The van der Waals surface area contributed by atoms with Crippen LogP contribution < -0.4 is 15.4 Å². The molecule has 0 saturated heterocycles. The summed E-state index contributed by atoms with van der Waals surface area (Å²) in [6.45, 7) is 9.95. The van der Waals surface area contributed by atoms with Crippen molar-refractivity contribution in [3.63, 3.8) is 0 Å². The fraction of sp³-hybridized carbons (Fsp3) is 0.720. The average Bonchev–Trinajstić information content (AvgIpc) is 3.09. The van der Waals surface area contributed by atoms with Crippen molar-refractivity contribution in [2.75, 3.05) is 6.61 Å². The van der Waals surface area contributed by atoms with Gasteiger partial charge in [0, 0.05) is 19.2 Å². The molecule has 4 aliphatic carbocycles. The van der Waals surface area contributed by atoms with Crippen molar-refractivity contribution in [2.45, 2.75) is 78.3 Å². The lowest BCUT2D eigenvalue weighted by Gasteiger charge is -2.54. The van der Waals surface area contributed by atoms with Crippen molar-refractivity contribution < 1.29 is 14.3 Å². The van der Waals surface area contributed by atoms with Gasteiger partial charge in [-0.05, 0) is 81.6 Å². The molecule has 4 aliphatic rings. The quantitative estimate of drug-likeness (QED) is 0.640. The van der Waals surface area contributed by atoms with Gasteiger partial charge in [0.1, 0.15) is 5.56 Å². The Balaban J connectivity index is 1.52. The molecule has 2 N–H and O–H groups in total. The van der Waals surface area contributed by atoms with Crippen LogP contribution in [0, 0.1) is 29.6 Å². The van der Waals surface area contributed by atoms with E-state index in [-0.39, 0.29) is 17.9 Å². The molecular formula is C25H38N4O3. The summed E-state index contributed by atoms with van der Waals surface area (Å²) in [6, 6.07) is 0.269. The monoisotopic (exact) mass is 442 g/mol. The number of ether oxygens (including phenoxy) is 1. The molecular weight excluding hydrogens is 404 g/mol. The van der Waals surface area contributed by atoms with E-state index in [9.17, 15) is 9.59 Å². The minimum Gasteiger partial charge on any atom is -0.477 e. The molecule has 1 aromatic rings. The number of nitrogens with zero attached hydrogens (tertiary/aromatic N) is 2. The molecule has 5 rings (SSSR count). The van der Waals surface area contributed by atoms with E-state index in [2.05, 4.69) is 29.6 Å². The first-order valence-corrected chi connectivity index (χ1v) is 12.1. The summed E-state index contributed by atoms with van der Waals surface area (Å²) in [5, 5.41) is 10.7. The first-order chi connectivity index (χ1) is 15.1. The molecule has 7 heteroatoms. The van der Waals surface area contributed by atoms with Crippen LogP contribution in [0.4, 0.5) is 0 Å². The van der Waals surface area contributed by atoms with Crippen LogP contribution in [-0.4, -0.2) is 39.8 Å². The number of carbonyl (C=O) groups is 2. The largest absolute Gasteiger partial charge is 0.477 e. The lowest BCUT2D eigenvalue weighted by Crippen LogP contribution is -2.55. The predicted octanol–water partition coefficient (Wildman–Crippen LogP) is 3.86. The van der Waals surface area contributed by atoms with Crippen molar-refractivity contribution in [1.29, 1.82) is 0 Å². The molecule has 0 spiro atoms. The highest BCUT2D eigenvalue weighted by molar-refractivity contribution is 5.96. The topological polar surface area (TPSA) is 85.2 Å². The third kappa shape index (κ3) is 5.02. The molecule has 4 bridgehead atoms. The third-order valence-corrected chi connectivity index (χ3v) is 7.20. The molecule has 2 amide bonds. The van der Waals surface area contributed by atoms with Gasteiger partial charge in [0.25, 0.3) is 5.91 Å². The smallest absolute Gasteiger partial charge is 0.258 e. The Morgan fingerprint density at radius 3 is 2.38 bits per heavy atom. The van der Waals surface area contributed by atoms with Crippen LogP contribution in [-0.2, 0) is 4.79 Å². The van der Waals surface area contributed by atoms with E-state index in [1.807, 2.05) is 19.9 Å².